The van der Waals surface area contributed by atoms with Crippen molar-refractivity contribution >= 4 is 78.0 Å². The predicted molar refractivity (Wildman–Crippen MR) is 575 cm³/mol. The summed E-state index contributed by atoms with van der Waals surface area (Å²) in [4.78, 5) is 4.78. The van der Waals surface area contributed by atoms with Crippen molar-refractivity contribution in [2.45, 2.75) is 10.8 Å². The van der Waals surface area contributed by atoms with Gasteiger partial charge in [-0.15, -0.1) is 0 Å². The van der Waals surface area contributed by atoms with Gasteiger partial charge in [0, 0.05) is 66.7 Å². The Kier molecular flexibility index (Phi) is 20.7. The van der Waals surface area contributed by atoms with Crippen LogP contribution in [-0.2, 0) is 10.8 Å². The molecule has 2 heterocycles. The number of hydrogen-bond acceptors (Lipinski definition) is 4. The molecule has 0 saturated heterocycles. The van der Waals surface area contributed by atoms with E-state index in [-0.39, 0.29) is 0 Å². The molecule has 24 aromatic rings. The van der Waals surface area contributed by atoms with Gasteiger partial charge in [0.1, 0.15) is 22.3 Å². The van der Waals surface area contributed by atoms with Crippen molar-refractivity contribution in [3.8, 4) is 111 Å². The van der Waals surface area contributed by atoms with E-state index in [9.17, 15) is 0 Å². The first kappa shape index (κ1) is 82.0. The maximum absolute atomic E-state index is 6.52. The molecule has 0 radical (unpaired) electrons. The molecule has 26 rings (SSSR count). The number of fused-ring (bicyclic) bond motifs is 12. The van der Waals surface area contributed by atoms with Crippen molar-refractivity contribution in [2.24, 2.45) is 0 Å². The fourth-order valence-corrected chi connectivity index (χ4v) is 22.1. The molecule has 2 aromatic heterocycles. The third-order valence-electron chi connectivity index (χ3n) is 28.4. The van der Waals surface area contributed by atoms with Crippen LogP contribution in [0.15, 0.2) is 555 Å². The fourth-order valence-electron chi connectivity index (χ4n) is 22.1. The SMILES string of the molecule is c1ccc(-c2ccc(-c3ccc(N(c4ccc(-c5cccc6c5-c5ccccc5C6(c5ccccc5)c5ccccc5)cc4)c4ccc(-c5cccc6c5oc5ccccc56)cc4)cc3)cc2)cc1.c1ccc(-c2ccc(-c3ccc(N(c4ccc(-c5cccc6c5oc5ccccc56)cc4)c4ccccc4-c4cccc5c4-c4ccccc4C5(c4ccccc4)c4ccccc4)cc3)cc2)cc1. The molecule has 0 aliphatic heterocycles. The number of benzene rings is 22. The molecule has 648 valence electrons. The van der Waals surface area contributed by atoms with Gasteiger partial charge in [-0.2, -0.15) is 0 Å². The Labute approximate surface area is 803 Å². The summed E-state index contributed by atoms with van der Waals surface area (Å²) < 4.78 is 13.0. The lowest BCUT2D eigenvalue weighted by molar-refractivity contribution is 0.669. The molecular formula is C134H90N2O2. The Balaban J connectivity index is 0.000000146. The third-order valence-corrected chi connectivity index (χ3v) is 28.4. The van der Waals surface area contributed by atoms with Gasteiger partial charge in [-0.05, 0) is 218 Å². The van der Waals surface area contributed by atoms with Crippen LogP contribution in [0.4, 0.5) is 34.1 Å². The second kappa shape index (κ2) is 34.9. The Morgan fingerprint density at radius 3 is 0.761 bits per heavy atom. The molecule has 22 aromatic carbocycles. The molecule has 0 atom stereocenters. The van der Waals surface area contributed by atoms with Gasteiger partial charge in [-0.1, -0.05) is 467 Å². The fraction of sp³-hybridized carbons (Fsp3) is 0.0149. The van der Waals surface area contributed by atoms with E-state index in [1.54, 1.807) is 0 Å². The monoisotopic (exact) mass is 1760 g/mol. The average Bonchev–Trinajstić information content (AvgIpc) is 1.53. The summed E-state index contributed by atoms with van der Waals surface area (Å²) in [6.07, 6.45) is 0. The van der Waals surface area contributed by atoms with E-state index in [1.807, 2.05) is 24.3 Å². The minimum absolute atomic E-state index is 0.459. The first-order chi connectivity index (χ1) is 68.5. The lowest BCUT2D eigenvalue weighted by atomic mass is 9.67. The molecule has 2 aliphatic rings. The topological polar surface area (TPSA) is 32.8 Å². The van der Waals surface area contributed by atoms with Gasteiger partial charge in [-0.3, -0.25) is 0 Å². The number of furan rings is 2. The molecule has 0 amide bonds. The highest BCUT2D eigenvalue weighted by Crippen LogP contribution is 2.62. The van der Waals surface area contributed by atoms with Crippen molar-refractivity contribution in [3.63, 3.8) is 0 Å². The Morgan fingerprint density at radius 2 is 0.384 bits per heavy atom. The summed E-state index contributed by atoms with van der Waals surface area (Å²) >= 11 is 0. The van der Waals surface area contributed by atoms with Gasteiger partial charge in [0.2, 0.25) is 0 Å². The highest BCUT2D eigenvalue weighted by molar-refractivity contribution is 6.11. The van der Waals surface area contributed by atoms with E-state index in [0.717, 1.165) is 111 Å². The van der Waals surface area contributed by atoms with Gasteiger partial charge < -0.3 is 18.6 Å². The van der Waals surface area contributed by atoms with Crippen LogP contribution in [0.3, 0.4) is 0 Å². The van der Waals surface area contributed by atoms with E-state index in [4.69, 9.17) is 8.83 Å². The van der Waals surface area contributed by atoms with Gasteiger partial charge in [-0.25, -0.2) is 0 Å². The van der Waals surface area contributed by atoms with Gasteiger partial charge in [0.15, 0.2) is 0 Å². The van der Waals surface area contributed by atoms with E-state index < -0.39 is 10.8 Å². The summed E-state index contributed by atoms with van der Waals surface area (Å²) in [5.41, 5.74) is 43.0. The number of anilines is 6. The molecule has 2 aliphatic carbocycles. The van der Waals surface area contributed by atoms with Crippen LogP contribution < -0.4 is 9.80 Å². The van der Waals surface area contributed by atoms with Gasteiger partial charge >= 0.3 is 0 Å². The summed E-state index contributed by atoms with van der Waals surface area (Å²) in [6, 6.07) is 198. The maximum atomic E-state index is 6.52. The summed E-state index contributed by atoms with van der Waals surface area (Å²) in [6.45, 7) is 0. The van der Waals surface area contributed by atoms with E-state index >= 15 is 0 Å². The van der Waals surface area contributed by atoms with Crippen LogP contribution in [0.5, 0.6) is 0 Å². The summed E-state index contributed by atoms with van der Waals surface area (Å²) in [5, 5.41) is 4.51. The van der Waals surface area contributed by atoms with E-state index in [0.29, 0.717) is 0 Å². The standard InChI is InChI=1S/2C67H45NO/c1-4-18-46(19-5-1)47-34-36-48(37-35-47)49-38-42-53(43-39-49)68(54-44-40-50(41-45-54)55-27-16-29-59-57-25-12-15-33-64(57)69-66(55)59)63-32-14-11-24-56(63)58-28-17-31-62-65(58)60-26-10-13-30-61(60)67(62,51-20-6-2-7-21-51)52-22-8-3-9-23-52;1-4-16-46(17-5-1)47-30-32-48(33-31-47)49-34-40-54(41-35-49)68(56-44-38-51(39-45-56)58-25-14-26-60-59-22-11-13-29-64(59)69-66(58)60)55-42-36-50(37-43-55)57-24-15-28-63-65(57)61-23-10-12-27-62(61)67(63,52-18-6-2-7-19-52)53-20-8-3-9-21-53/h2*1-45H. The quantitative estimate of drug-likeness (QED) is 0.0857. The molecule has 0 bridgehead atoms. The predicted octanol–water partition coefficient (Wildman–Crippen LogP) is 36.2. The average molecular weight is 1760 g/mol. The van der Waals surface area contributed by atoms with Crippen molar-refractivity contribution in [1.29, 1.82) is 0 Å². The molecule has 138 heavy (non-hydrogen) atoms. The minimum Gasteiger partial charge on any atom is -0.455 e. The highest BCUT2D eigenvalue weighted by Gasteiger charge is 2.49. The van der Waals surface area contributed by atoms with Crippen LogP contribution in [-0.4, -0.2) is 0 Å². The van der Waals surface area contributed by atoms with Gasteiger partial charge in [0.05, 0.1) is 16.5 Å². The second-order valence-corrected chi connectivity index (χ2v) is 35.9. The number of hydrogen-bond donors (Lipinski definition) is 0. The van der Waals surface area contributed by atoms with Crippen molar-refractivity contribution in [1.82, 2.24) is 0 Å². The maximum Gasteiger partial charge on any atom is 0.143 e. The molecule has 4 heteroatoms. The number of para-hydroxylation sites is 5. The lowest BCUT2D eigenvalue weighted by Crippen LogP contribution is -2.28. The molecule has 0 spiro atoms. The first-order valence-electron chi connectivity index (χ1n) is 47.5. The summed E-state index contributed by atoms with van der Waals surface area (Å²) in [5.74, 6) is 0. The van der Waals surface area contributed by atoms with Crippen LogP contribution in [0, 0.1) is 0 Å². The van der Waals surface area contributed by atoms with E-state index in [1.165, 1.54) is 122 Å². The summed E-state index contributed by atoms with van der Waals surface area (Å²) in [7, 11) is 0. The smallest absolute Gasteiger partial charge is 0.143 e. The molecule has 0 N–H and O–H groups in total. The van der Waals surface area contributed by atoms with E-state index in [2.05, 4.69) is 532 Å². The zero-order valence-electron chi connectivity index (χ0n) is 75.7. The normalized spacial score (nSPS) is 12.5. The van der Waals surface area contributed by atoms with Crippen molar-refractivity contribution in [3.05, 3.63) is 590 Å². The largest absolute Gasteiger partial charge is 0.455 e. The zero-order valence-corrected chi connectivity index (χ0v) is 75.7. The van der Waals surface area contributed by atoms with Crippen LogP contribution in [0.1, 0.15) is 44.5 Å². The molecule has 4 nitrogen and oxygen atoms in total. The number of rotatable bonds is 18. The third kappa shape index (κ3) is 14.1. The van der Waals surface area contributed by atoms with Crippen LogP contribution in [0.25, 0.3) is 155 Å². The highest BCUT2D eigenvalue weighted by atomic mass is 16.3. The number of nitrogens with zero attached hydrogens (tertiary/aromatic N) is 2. The Hall–Kier alpha value is -18.0. The molecule has 0 unspecified atom stereocenters. The molecule has 0 saturated carbocycles. The molecular weight excluding hydrogens is 1670 g/mol. The van der Waals surface area contributed by atoms with Crippen LogP contribution >= 0.6 is 0 Å². The minimum atomic E-state index is -0.507. The Morgan fingerprint density at radius 1 is 0.145 bits per heavy atom. The second-order valence-electron chi connectivity index (χ2n) is 35.9. The zero-order chi connectivity index (χ0) is 91.5. The first-order valence-corrected chi connectivity index (χ1v) is 47.5. The molecule has 0 fully saturated rings. The van der Waals surface area contributed by atoms with Crippen LogP contribution in [0.2, 0.25) is 0 Å². The Bertz CT molecular complexity index is 8520. The lowest BCUT2D eigenvalue weighted by Gasteiger charge is -2.34. The van der Waals surface area contributed by atoms with Gasteiger partial charge in [0.25, 0.3) is 0 Å². The van der Waals surface area contributed by atoms with Crippen molar-refractivity contribution in [2.75, 3.05) is 9.80 Å². The van der Waals surface area contributed by atoms with Crippen molar-refractivity contribution < 1.29 is 8.83 Å².